The minimum atomic E-state index is -1.40. The summed E-state index contributed by atoms with van der Waals surface area (Å²) in [6.45, 7) is 14.5. The second-order valence-corrected chi connectivity index (χ2v) is 15.7. The van der Waals surface area contributed by atoms with Gasteiger partial charge in [0.2, 0.25) is 0 Å². The molecule has 1 aliphatic heterocycles. The van der Waals surface area contributed by atoms with E-state index in [2.05, 4.69) is 47.6 Å². The van der Waals surface area contributed by atoms with Crippen LogP contribution in [0.4, 0.5) is 0 Å². The Bertz CT molecular complexity index is 918. The molecule has 0 aromatic rings. The third kappa shape index (κ3) is 5.73. The summed E-state index contributed by atoms with van der Waals surface area (Å²) in [6, 6.07) is 0. The lowest BCUT2D eigenvalue weighted by molar-refractivity contribution is -0.313. The number of fused-ring (bicyclic) bond motifs is 5. The van der Waals surface area contributed by atoms with Crippen LogP contribution in [0.15, 0.2) is 11.6 Å². The number of hydrogen-bond donors (Lipinski definition) is 4. The van der Waals surface area contributed by atoms with Gasteiger partial charge in [0.05, 0.1) is 12.7 Å². The van der Waals surface area contributed by atoms with Crippen molar-refractivity contribution in [2.45, 2.75) is 149 Å². The van der Waals surface area contributed by atoms with E-state index in [0.29, 0.717) is 5.41 Å². The van der Waals surface area contributed by atoms with Crippen LogP contribution in [0.1, 0.15) is 112 Å². The number of allylic oxidation sites excluding steroid dienone is 1. The number of rotatable bonds is 9. The van der Waals surface area contributed by atoms with E-state index in [1.807, 2.05) is 0 Å². The van der Waals surface area contributed by atoms with Crippen molar-refractivity contribution in [2.24, 2.45) is 52.3 Å². The Morgan fingerprint density at radius 2 is 1.71 bits per heavy atom. The van der Waals surface area contributed by atoms with Crippen molar-refractivity contribution in [1.29, 1.82) is 0 Å². The van der Waals surface area contributed by atoms with E-state index in [1.54, 1.807) is 0 Å². The zero-order valence-electron chi connectivity index (χ0n) is 26.7. The summed E-state index contributed by atoms with van der Waals surface area (Å²) >= 11 is 0. The maximum Gasteiger partial charge on any atom is 0.186 e. The van der Waals surface area contributed by atoms with Gasteiger partial charge in [-0.25, -0.2) is 0 Å². The lowest BCUT2D eigenvalue weighted by atomic mass is 9.47. The molecule has 3 saturated carbocycles. The Balaban J connectivity index is 1.24. The highest BCUT2D eigenvalue weighted by atomic mass is 16.7. The molecule has 5 rings (SSSR count). The second kappa shape index (κ2) is 12.5. The first-order valence-electron chi connectivity index (χ1n) is 17.1. The van der Waals surface area contributed by atoms with Gasteiger partial charge in [-0.1, -0.05) is 66.0 Å². The average molecular weight is 577 g/mol. The Hall–Kier alpha value is -0.500. The van der Waals surface area contributed by atoms with Crippen LogP contribution in [-0.2, 0) is 9.47 Å². The fourth-order valence-electron chi connectivity index (χ4n) is 10.8. The van der Waals surface area contributed by atoms with Gasteiger partial charge in [0.1, 0.15) is 24.4 Å². The first-order valence-corrected chi connectivity index (χ1v) is 17.1. The third-order valence-electron chi connectivity index (χ3n) is 13.5. The Kier molecular flexibility index (Phi) is 9.71. The molecule has 0 aromatic carbocycles. The maximum absolute atomic E-state index is 10.5. The SMILES string of the molecule is CC[C@H](CC[C@H](C)[C@H]1CC[C@@H]2[C@@H]3CC=C4C[C@H](O[C@@H]5O[C@H](CO)[C@@H](O)[C@H](O)[C@H]5O)CC[C@@]4(C)[C@H]3CC[C@@]21C)C(C)C. The highest BCUT2D eigenvalue weighted by Crippen LogP contribution is 2.67. The molecule has 14 atom stereocenters. The van der Waals surface area contributed by atoms with Gasteiger partial charge in [-0.15, -0.1) is 0 Å². The Labute approximate surface area is 249 Å². The van der Waals surface area contributed by atoms with E-state index in [0.717, 1.165) is 60.7 Å². The third-order valence-corrected chi connectivity index (χ3v) is 13.5. The molecule has 1 saturated heterocycles. The molecule has 0 aromatic heterocycles. The van der Waals surface area contributed by atoms with E-state index >= 15 is 0 Å². The summed E-state index contributed by atoms with van der Waals surface area (Å²) in [5.41, 5.74) is 2.19. The normalized spacial score (nSPS) is 47.7. The van der Waals surface area contributed by atoms with Gasteiger partial charge in [-0.2, -0.15) is 0 Å². The van der Waals surface area contributed by atoms with Gasteiger partial charge in [-0.3, -0.25) is 0 Å². The van der Waals surface area contributed by atoms with Gasteiger partial charge in [0, 0.05) is 0 Å². The van der Waals surface area contributed by atoms with Crippen LogP contribution in [0.25, 0.3) is 0 Å². The van der Waals surface area contributed by atoms with Crippen molar-refractivity contribution >= 4 is 0 Å². The van der Waals surface area contributed by atoms with Crippen molar-refractivity contribution in [1.82, 2.24) is 0 Å². The van der Waals surface area contributed by atoms with Crippen LogP contribution in [-0.4, -0.2) is 63.8 Å². The van der Waals surface area contributed by atoms with Gasteiger partial charge < -0.3 is 29.9 Å². The molecule has 5 aliphatic rings. The summed E-state index contributed by atoms with van der Waals surface area (Å²) in [4.78, 5) is 0. The largest absolute Gasteiger partial charge is 0.394 e. The molecular weight excluding hydrogens is 516 g/mol. The fraction of sp³-hybridized carbons (Fsp3) is 0.943. The minimum absolute atomic E-state index is 0.101. The molecule has 1 heterocycles. The van der Waals surface area contributed by atoms with E-state index in [4.69, 9.17) is 9.47 Å². The lowest BCUT2D eigenvalue weighted by Gasteiger charge is -2.58. The van der Waals surface area contributed by atoms with Crippen LogP contribution in [0.5, 0.6) is 0 Å². The standard InChI is InChI=1S/C35H60O6/c1-7-22(20(2)3)9-8-21(4)26-12-13-27-25-11-10-23-18-24(14-16-34(23,5)28(25)15-17-35(26,27)6)40-33-32(39)31(38)30(37)29(19-36)41-33/h10,20-22,24-33,36-39H,7-9,11-19H2,1-6H3/t21-,22+,24+,25-,26+,27+,28-,29+,30+,31-,32+,33+,34+,35+/m0/s1. The minimum Gasteiger partial charge on any atom is -0.394 e. The fourth-order valence-corrected chi connectivity index (χ4v) is 10.8. The quantitative estimate of drug-likeness (QED) is 0.257. The summed E-state index contributed by atoms with van der Waals surface area (Å²) in [5.74, 6) is 5.66. The van der Waals surface area contributed by atoms with Crippen LogP contribution in [0.2, 0.25) is 0 Å². The number of ether oxygens (including phenoxy) is 2. The highest BCUT2D eigenvalue weighted by Gasteiger charge is 2.59. The molecule has 0 radical (unpaired) electrons. The van der Waals surface area contributed by atoms with Gasteiger partial charge in [0.15, 0.2) is 6.29 Å². The smallest absolute Gasteiger partial charge is 0.186 e. The van der Waals surface area contributed by atoms with Crippen LogP contribution in [0, 0.1) is 52.3 Å². The van der Waals surface area contributed by atoms with E-state index in [-0.39, 0.29) is 11.5 Å². The molecule has 4 N–H and O–H groups in total. The zero-order chi connectivity index (χ0) is 29.7. The molecule has 6 heteroatoms. The van der Waals surface area contributed by atoms with Crippen molar-refractivity contribution in [3.05, 3.63) is 11.6 Å². The van der Waals surface area contributed by atoms with Gasteiger partial charge >= 0.3 is 0 Å². The molecule has 4 aliphatic carbocycles. The molecule has 236 valence electrons. The van der Waals surface area contributed by atoms with Crippen LogP contribution < -0.4 is 0 Å². The molecule has 6 nitrogen and oxygen atoms in total. The average Bonchev–Trinajstić information content (AvgIpc) is 3.30. The molecule has 0 spiro atoms. The lowest BCUT2D eigenvalue weighted by Crippen LogP contribution is -2.60. The van der Waals surface area contributed by atoms with Crippen molar-refractivity contribution in [2.75, 3.05) is 6.61 Å². The van der Waals surface area contributed by atoms with Gasteiger partial charge in [0.25, 0.3) is 0 Å². The van der Waals surface area contributed by atoms with Crippen LogP contribution >= 0.6 is 0 Å². The monoisotopic (exact) mass is 576 g/mol. The van der Waals surface area contributed by atoms with Crippen molar-refractivity contribution in [3.8, 4) is 0 Å². The zero-order valence-corrected chi connectivity index (χ0v) is 26.7. The van der Waals surface area contributed by atoms with Crippen molar-refractivity contribution in [3.63, 3.8) is 0 Å². The molecule has 0 bridgehead atoms. The topological polar surface area (TPSA) is 99.4 Å². The molecule has 4 fully saturated rings. The summed E-state index contributed by atoms with van der Waals surface area (Å²) in [7, 11) is 0. The molecule has 0 amide bonds. The van der Waals surface area contributed by atoms with E-state index < -0.39 is 37.3 Å². The van der Waals surface area contributed by atoms with E-state index in [9.17, 15) is 20.4 Å². The first kappa shape index (κ1) is 31.9. The predicted molar refractivity (Wildman–Crippen MR) is 161 cm³/mol. The van der Waals surface area contributed by atoms with Crippen LogP contribution in [0.3, 0.4) is 0 Å². The van der Waals surface area contributed by atoms with Crippen molar-refractivity contribution < 1.29 is 29.9 Å². The maximum atomic E-state index is 10.5. The van der Waals surface area contributed by atoms with Gasteiger partial charge in [-0.05, 0) is 110 Å². The Morgan fingerprint density at radius 1 is 0.951 bits per heavy atom. The number of aliphatic hydroxyl groups excluding tert-OH is 4. The second-order valence-electron chi connectivity index (χ2n) is 15.7. The summed E-state index contributed by atoms with van der Waals surface area (Å²) < 4.78 is 11.9. The number of aliphatic hydroxyl groups is 4. The Morgan fingerprint density at radius 3 is 2.39 bits per heavy atom. The first-order chi connectivity index (χ1) is 19.4. The summed E-state index contributed by atoms with van der Waals surface area (Å²) in [5, 5.41) is 40.4. The summed E-state index contributed by atoms with van der Waals surface area (Å²) in [6.07, 6.45) is 9.92. The highest BCUT2D eigenvalue weighted by molar-refractivity contribution is 5.25. The number of hydrogen-bond acceptors (Lipinski definition) is 6. The molecule has 41 heavy (non-hydrogen) atoms. The van der Waals surface area contributed by atoms with E-state index in [1.165, 1.54) is 56.9 Å². The molecule has 0 unspecified atom stereocenters. The predicted octanol–water partition coefficient (Wildman–Crippen LogP) is 5.85. The molecular formula is C35H60O6.